The summed E-state index contributed by atoms with van der Waals surface area (Å²) in [6, 6.07) is 1.80. The molecule has 1 aliphatic rings. The zero-order valence-electron chi connectivity index (χ0n) is 9.72. The molecule has 4 heteroatoms. The summed E-state index contributed by atoms with van der Waals surface area (Å²) in [5.74, 6) is 1.34. The lowest BCUT2D eigenvalue weighted by Crippen LogP contribution is -2.30. The smallest absolute Gasteiger partial charge is 0.137 e. The summed E-state index contributed by atoms with van der Waals surface area (Å²) in [6.45, 7) is 0. The number of rotatable bonds is 5. The Kier molecular flexibility index (Phi) is 3.41. The highest BCUT2D eigenvalue weighted by Crippen LogP contribution is 2.39. The molecule has 0 aliphatic heterocycles. The second-order valence-electron chi connectivity index (χ2n) is 4.22. The van der Waals surface area contributed by atoms with Gasteiger partial charge < -0.3 is 15.2 Å². The van der Waals surface area contributed by atoms with Gasteiger partial charge in [-0.3, -0.25) is 4.98 Å². The average molecular weight is 222 g/mol. The van der Waals surface area contributed by atoms with E-state index in [0.717, 1.165) is 11.3 Å². The van der Waals surface area contributed by atoms with Crippen molar-refractivity contribution >= 4 is 0 Å². The predicted octanol–water partition coefficient (Wildman–Crippen LogP) is 1.51. The van der Waals surface area contributed by atoms with E-state index in [9.17, 15) is 0 Å². The molecule has 2 N–H and O–H groups in total. The number of nitrogens with two attached hydrogens (primary N) is 1. The molecule has 1 heterocycles. The first-order valence-corrected chi connectivity index (χ1v) is 5.53. The molecule has 2 unspecified atom stereocenters. The van der Waals surface area contributed by atoms with E-state index in [1.165, 1.54) is 12.8 Å². The summed E-state index contributed by atoms with van der Waals surface area (Å²) >= 11 is 0. The van der Waals surface area contributed by atoms with Crippen molar-refractivity contribution in [2.24, 2.45) is 11.7 Å². The Bertz CT molecular complexity index is 353. The van der Waals surface area contributed by atoms with Crippen LogP contribution in [0.5, 0.6) is 5.75 Å². The predicted molar refractivity (Wildman–Crippen MR) is 61.2 cm³/mol. The Morgan fingerprint density at radius 2 is 2.12 bits per heavy atom. The van der Waals surface area contributed by atoms with Crippen LogP contribution in [0.2, 0.25) is 0 Å². The van der Waals surface area contributed by atoms with Crippen molar-refractivity contribution in [3.63, 3.8) is 0 Å². The highest BCUT2D eigenvalue weighted by molar-refractivity contribution is 5.26. The number of hydrogen-bond donors (Lipinski definition) is 1. The van der Waals surface area contributed by atoms with Gasteiger partial charge in [-0.2, -0.15) is 0 Å². The molecule has 1 aliphatic carbocycles. The summed E-state index contributed by atoms with van der Waals surface area (Å²) < 4.78 is 10.6. The van der Waals surface area contributed by atoms with Gasteiger partial charge in [-0.05, 0) is 30.4 Å². The number of hydrogen-bond acceptors (Lipinski definition) is 4. The summed E-state index contributed by atoms with van der Waals surface area (Å²) in [5, 5.41) is 0. The van der Waals surface area contributed by atoms with E-state index in [4.69, 9.17) is 15.2 Å². The molecule has 4 nitrogen and oxygen atoms in total. The molecular formula is C12H18N2O2. The molecule has 0 bridgehead atoms. The fraction of sp³-hybridized carbons (Fsp3) is 0.583. The molecule has 0 radical (unpaired) electrons. The third kappa shape index (κ3) is 2.33. The van der Waals surface area contributed by atoms with E-state index in [2.05, 4.69) is 4.98 Å². The topological polar surface area (TPSA) is 57.4 Å². The van der Waals surface area contributed by atoms with E-state index < -0.39 is 0 Å². The summed E-state index contributed by atoms with van der Waals surface area (Å²) in [7, 11) is 3.34. The van der Waals surface area contributed by atoms with Crippen molar-refractivity contribution in [2.75, 3.05) is 14.2 Å². The lowest BCUT2D eigenvalue weighted by Gasteiger charge is -2.22. The quantitative estimate of drug-likeness (QED) is 0.820. The van der Waals surface area contributed by atoms with Crippen molar-refractivity contribution in [3.8, 4) is 5.75 Å². The van der Waals surface area contributed by atoms with Gasteiger partial charge in [0.2, 0.25) is 0 Å². The fourth-order valence-electron chi connectivity index (χ4n) is 1.98. The van der Waals surface area contributed by atoms with Crippen LogP contribution in [0.3, 0.4) is 0 Å². The second kappa shape index (κ2) is 4.80. The first-order valence-electron chi connectivity index (χ1n) is 5.53. The number of methoxy groups -OCH3 is 2. The molecule has 88 valence electrons. The van der Waals surface area contributed by atoms with E-state index >= 15 is 0 Å². The van der Waals surface area contributed by atoms with E-state index in [1.807, 2.05) is 6.07 Å². The van der Waals surface area contributed by atoms with E-state index in [1.54, 1.807) is 26.6 Å². The zero-order chi connectivity index (χ0) is 11.5. The third-order valence-electron chi connectivity index (χ3n) is 3.07. The first kappa shape index (κ1) is 11.4. The van der Waals surface area contributed by atoms with Crippen LogP contribution in [0.4, 0.5) is 0 Å². The number of ether oxygens (including phenoxy) is 2. The zero-order valence-corrected chi connectivity index (χ0v) is 9.72. The molecule has 2 atom stereocenters. The second-order valence-corrected chi connectivity index (χ2v) is 4.22. The average Bonchev–Trinajstić information content (AvgIpc) is 3.14. The minimum atomic E-state index is -0.125. The minimum Gasteiger partial charge on any atom is -0.495 e. The van der Waals surface area contributed by atoms with Gasteiger partial charge in [0.15, 0.2) is 0 Å². The maximum atomic E-state index is 6.19. The van der Waals surface area contributed by atoms with Gasteiger partial charge >= 0.3 is 0 Å². The Balaban J connectivity index is 2.14. The highest BCUT2D eigenvalue weighted by atomic mass is 16.5. The van der Waals surface area contributed by atoms with Gasteiger partial charge in [-0.1, -0.05) is 0 Å². The highest BCUT2D eigenvalue weighted by Gasteiger charge is 2.36. The van der Waals surface area contributed by atoms with Gasteiger partial charge in [0, 0.05) is 13.3 Å². The van der Waals surface area contributed by atoms with Gasteiger partial charge in [0.05, 0.1) is 25.5 Å². The van der Waals surface area contributed by atoms with Gasteiger partial charge in [-0.15, -0.1) is 0 Å². The van der Waals surface area contributed by atoms with Crippen LogP contribution < -0.4 is 10.5 Å². The Morgan fingerprint density at radius 1 is 1.38 bits per heavy atom. The van der Waals surface area contributed by atoms with Crippen molar-refractivity contribution in [1.29, 1.82) is 0 Å². The summed E-state index contributed by atoms with van der Waals surface area (Å²) in [5.41, 5.74) is 7.16. The third-order valence-corrected chi connectivity index (χ3v) is 3.07. The van der Waals surface area contributed by atoms with E-state index in [0.29, 0.717) is 5.92 Å². The van der Waals surface area contributed by atoms with Crippen LogP contribution in [0.15, 0.2) is 18.5 Å². The number of pyridine rings is 1. The molecule has 1 aromatic rings. The molecule has 1 fully saturated rings. The molecule has 1 saturated carbocycles. The van der Waals surface area contributed by atoms with Crippen molar-refractivity contribution < 1.29 is 9.47 Å². The van der Waals surface area contributed by atoms with Crippen molar-refractivity contribution in [1.82, 2.24) is 4.98 Å². The molecule has 0 amide bonds. The minimum absolute atomic E-state index is 0.0916. The lowest BCUT2D eigenvalue weighted by molar-refractivity contribution is 0.0623. The number of aromatic nitrogens is 1. The van der Waals surface area contributed by atoms with Crippen LogP contribution in [0.25, 0.3) is 0 Å². The Hall–Kier alpha value is -1.13. The monoisotopic (exact) mass is 222 g/mol. The maximum absolute atomic E-state index is 6.19. The Morgan fingerprint density at radius 3 is 2.69 bits per heavy atom. The van der Waals surface area contributed by atoms with Crippen LogP contribution >= 0.6 is 0 Å². The van der Waals surface area contributed by atoms with Gasteiger partial charge in [-0.25, -0.2) is 0 Å². The summed E-state index contributed by atoms with van der Waals surface area (Å²) in [6.07, 6.45) is 5.97. The van der Waals surface area contributed by atoms with Gasteiger partial charge in [0.1, 0.15) is 5.75 Å². The molecule has 2 rings (SSSR count). The lowest BCUT2D eigenvalue weighted by atomic mass is 10.0. The number of nitrogens with zero attached hydrogens (tertiary/aromatic N) is 1. The standard InChI is InChI=1S/C12H18N2O2/c1-15-10-5-9(6-14-7-10)11(13)12(16-2)8-3-4-8/h5-8,11-12H,3-4,13H2,1-2H3. The molecular weight excluding hydrogens is 204 g/mol. The molecule has 0 aromatic carbocycles. The summed E-state index contributed by atoms with van der Waals surface area (Å²) in [4.78, 5) is 4.11. The molecule has 0 spiro atoms. The van der Waals surface area contributed by atoms with Crippen LogP contribution in [0, 0.1) is 5.92 Å². The molecule has 0 saturated heterocycles. The van der Waals surface area contributed by atoms with Crippen molar-refractivity contribution in [3.05, 3.63) is 24.0 Å². The first-order chi connectivity index (χ1) is 7.76. The SMILES string of the molecule is COc1cncc(C(N)C(OC)C2CC2)c1. The van der Waals surface area contributed by atoms with Crippen LogP contribution in [-0.2, 0) is 4.74 Å². The normalized spacial score (nSPS) is 19.2. The van der Waals surface area contributed by atoms with E-state index in [-0.39, 0.29) is 12.1 Å². The molecule has 16 heavy (non-hydrogen) atoms. The van der Waals surface area contributed by atoms with Crippen LogP contribution in [-0.4, -0.2) is 25.3 Å². The largest absolute Gasteiger partial charge is 0.495 e. The fourth-order valence-corrected chi connectivity index (χ4v) is 1.98. The Labute approximate surface area is 95.8 Å². The molecule has 1 aromatic heterocycles. The van der Waals surface area contributed by atoms with Gasteiger partial charge in [0.25, 0.3) is 0 Å². The van der Waals surface area contributed by atoms with Crippen molar-refractivity contribution in [2.45, 2.75) is 25.0 Å². The maximum Gasteiger partial charge on any atom is 0.137 e. The van der Waals surface area contributed by atoms with Crippen LogP contribution in [0.1, 0.15) is 24.4 Å².